The SMILES string of the molecule is CCCNCC1CCC1Cc1ccc(Br)cc1Cl. The summed E-state index contributed by atoms with van der Waals surface area (Å²) in [5.74, 6) is 1.66. The van der Waals surface area contributed by atoms with Crippen molar-refractivity contribution in [3.05, 3.63) is 33.3 Å². The number of benzene rings is 1. The topological polar surface area (TPSA) is 12.0 Å². The minimum atomic E-state index is 0.813. The van der Waals surface area contributed by atoms with E-state index in [9.17, 15) is 0 Å². The van der Waals surface area contributed by atoms with E-state index in [0.717, 1.165) is 34.3 Å². The average Bonchev–Trinajstić information content (AvgIpc) is 2.32. The van der Waals surface area contributed by atoms with E-state index < -0.39 is 0 Å². The first-order valence-electron chi connectivity index (χ1n) is 6.85. The molecule has 1 saturated carbocycles. The Morgan fingerprint density at radius 1 is 1.33 bits per heavy atom. The van der Waals surface area contributed by atoms with Gasteiger partial charge in [0.15, 0.2) is 0 Å². The molecule has 0 aromatic heterocycles. The minimum Gasteiger partial charge on any atom is -0.316 e. The van der Waals surface area contributed by atoms with Crippen molar-refractivity contribution in [3.8, 4) is 0 Å². The molecule has 18 heavy (non-hydrogen) atoms. The van der Waals surface area contributed by atoms with Crippen LogP contribution in [0.2, 0.25) is 5.02 Å². The van der Waals surface area contributed by atoms with Crippen LogP contribution in [-0.4, -0.2) is 13.1 Å². The molecule has 100 valence electrons. The van der Waals surface area contributed by atoms with E-state index in [-0.39, 0.29) is 0 Å². The second kappa shape index (κ2) is 6.93. The maximum Gasteiger partial charge on any atom is 0.0449 e. The van der Waals surface area contributed by atoms with Crippen LogP contribution in [0, 0.1) is 11.8 Å². The molecule has 1 aromatic rings. The van der Waals surface area contributed by atoms with Crippen molar-refractivity contribution in [2.75, 3.05) is 13.1 Å². The molecule has 1 aromatic carbocycles. The van der Waals surface area contributed by atoms with Crippen molar-refractivity contribution < 1.29 is 0 Å². The van der Waals surface area contributed by atoms with E-state index in [2.05, 4.69) is 40.3 Å². The Hall–Kier alpha value is -0.0500. The summed E-state index contributed by atoms with van der Waals surface area (Å²) in [6, 6.07) is 6.24. The largest absolute Gasteiger partial charge is 0.316 e. The van der Waals surface area contributed by atoms with Gasteiger partial charge in [-0.15, -0.1) is 0 Å². The van der Waals surface area contributed by atoms with Crippen molar-refractivity contribution in [1.29, 1.82) is 0 Å². The Morgan fingerprint density at radius 2 is 2.11 bits per heavy atom. The van der Waals surface area contributed by atoms with E-state index in [4.69, 9.17) is 11.6 Å². The summed E-state index contributed by atoms with van der Waals surface area (Å²) in [4.78, 5) is 0. The summed E-state index contributed by atoms with van der Waals surface area (Å²) >= 11 is 9.74. The molecule has 0 saturated heterocycles. The van der Waals surface area contributed by atoms with Gasteiger partial charge in [-0.25, -0.2) is 0 Å². The van der Waals surface area contributed by atoms with Crippen LogP contribution < -0.4 is 5.32 Å². The Bertz CT molecular complexity index is 394. The minimum absolute atomic E-state index is 0.813. The maximum atomic E-state index is 6.28. The predicted molar refractivity (Wildman–Crippen MR) is 82.2 cm³/mol. The molecule has 1 aliphatic rings. The highest BCUT2D eigenvalue weighted by Gasteiger charge is 2.30. The molecule has 1 fully saturated rings. The first-order valence-corrected chi connectivity index (χ1v) is 8.02. The number of hydrogen-bond donors (Lipinski definition) is 1. The van der Waals surface area contributed by atoms with Crippen molar-refractivity contribution in [3.63, 3.8) is 0 Å². The molecule has 2 rings (SSSR count). The average molecular weight is 331 g/mol. The number of rotatable bonds is 6. The van der Waals surface area contributed by atoms with Gasteiger partial charge in [0.05, 0.1) is 0 Å². The van der Waals surface area contributed by atoms with Gasteiger partial charge in [-0.2, -0.15) is 0 Å². The number of hydrogen-bond acceptors (Lipinski definition) is 1. The van der Waals surface area contributed by atoms with Gasteiger partial charge in [0.1, 0.15) is 0 Å². The standard InChI is InChI=1S/C15H21BrClN/c1-2-7-18-10-13-4-3-11(13)8-12-5-6-14(16)9-15(12)17/h5-6,9,11,13,18H,2-4,7-8,10H2,1H3. The molecule has 2 atom stereocenters. The van der Waals surface area contributed by atoms with Crippen LogP contribution in [0.1, 0.15) is 31.7 Å². The number of halogens is 2. The lowest BCUT2D eigenvalue weighted by molar-refractivity contribution is 0.171. The zero-order chi connectivity index (χ0) is 13.0. The van der Waals surface area contributed by atoms with E-state index in [1.807, 2.05) is 6.07 Å². The third-order valence-corrected chi connectivity index (χ3v) is 4.75. The second-order valence-corrected chi connectivity index (χ2v) is 6.56. The Morgan fingerprint density at radius 3 is 2.72 bits per heavy atom. The highest BCUT2D eigenvalue weighted by Crippen LogP contribution is 2.37. The summed E-state index contributed by atoms with van der Waals surface area (Å²) < 4.78 is 1.06. The first-order chi connectivity index (χ1) is 8.70. The normalized spacial score (nSPS) is 22.8. The zero-order valence-corrected chi connectivity index (χ0v) is 13.2. The van der Waals surface area contributed by atoms with Gasteiger partial charge in [0.25, 0.3) is 0 Å². The Labute approximate surface area is 123 Å². The van der Waals surface area contributed by atoms with E-state index >= 15 is 0 Å². The molecule has 0 bridgehead atoms. The monoisotopic (exact) mass is 329 g/mol. The molecular weight excluding hydrogens is 310 g/mol. The van der Waals surface area contributed by atoms with Gasteiger partial charge >= 0.3 is 0 Å². The van der Waals surface area contributed by atoms with Crippen LogP contribution in [-0.2, 0) is 6.42 Å². The fourth-order valence-electron chi connectivity index (χ4n) is 2.61. The first kappa shape index (κ1) is 14.4. The van der Waals surface area contributed by atoms with Gasteiger partial charge in [0.2, 0.25) is 0 Å². The summed E-state index contributed by atoms with van der Waals surface area (Å²) in [6.07, 6.45) is 5.07. The lowest BCUT2D eigenvalue weighted by atomic mass is 9.70. The second-order valence-electron chi connectivity index (χ2n) is 5.24. The lowest BCUT2D eigenvalue weighted by Gasteiger charge is -2.37. The zero-order valence-electron chi connectivity index (χ0n) is 10.9. The van der Waals surface area contributed by atoms with Gasteiger partial charge in [-0.05, 0) is 68.3 Å². The molecule has 0 heterocycles. The maximum absolute atomic E-state index is 6.28. The molecule has 1 N–H and O–H groups in total. The van der Waals surface area contributed by atoms with Crippen LogP contribution in [0.25, 0.3) is 0 Å². The molecular formula is C15H21BrClN. The van der Waals surface area contributed by atoms with Gasteiger partial charge < -0.3 is 5.32 Å². The highest BCUT2D eigenvalue weighted by atomic mass is 79.9. The smallest absolute Gasteiger partial charge is 0.0449 e. The van der Waals surface area contributed by atoms with Gasteiger partial charge in [-0.3, -0.25) is 0 Å². The quantitative estimate of drug-likeness (QED) is 0.747. The summed E-state index contributed by atoms with van der Waals surface area (Å²) in [5.41, 5.74) is 1.30. The molecule has 0 aliphatic heterocycles. The predicted octanol–water partition coefficient (Wildman–Crippen LogP) is 4.67. The summed E-state index contributed by atoms with van der Waals surface area (Å²) in [7, 11) is 0. The van der Waals surface area contributed by atoms with Crippen molar-refractivity contribution in [2.45, 2.75) is 32.6 Å². The third-order valence-electron chi connectivity index (χ3n) is 3.91. The van der Waals surface area contributed by atoms with Crippen molar-refractivity contribution >= 4 is 27.5 Å². The molecule has 1 nitrogen and oxygen atoms in total. The van der Waals surface area contributed by atoms with E-state index in [1.165, 1.54) is 31.4 Å². The third kappa shape index (κ3) is 3.72. The van der Waals surface area contributed by atoms with Gasteiger partial charge in [0, 0.05) is 9.50 Å². The van der Waals surface area contributed by atoms with E-state index in [0.29, 0.717) is 0 Å². The summed E-state index contributed by atoms with van der Waals surface area (Å²) in [6.45, 7) is 4.53. The van der Waals surface area contributed by atoms with Crippen LogP contribution in [0.15, 0.2) is 22.7 Å². The highest BCUT2D eigenvalue weighted by molar-refractivity contribution is 9.10. The Kier molecular flexibility index (Phi) is 5.53. The molecule has 2 unspecified atom stereocenters. The van der Waals surface area contributed by atoms with E-state index in [1.54, 1.807) is 0 Å². The van der Waals surface area contributed by atoms with Gasteiger partial charge in [-0.1, -0.05) is 40.5 Å². The van der Waals surface area contributed by atoms with Crippen molar-refractivity contribution in [2.24, 2.45) is 11.8 Å². The molecule has 3 heteroatoms. The number of nitrogens with one attached hydrogen (secondary N) is 1. The van der Waals surface area contributed by atoms with Crippen LogP contribution in [0.3, 0.4) is 0 Å². The fraction of sp³-hybridized carbons (Fsp3) is 0.600. The molecule has 0 spiro atoms. The Balaban J connectivity index is 1.85. The van der Waals surface area contributed by atoms with Crippen LogP contribution >= 0.6 is 27.5 Å². The van der Waals surface area contributed by atoms with Crippen LogP contribution in [0.5, 0.6) is 0 Å². The molecule has 1 aliphatic carbocycles. The summed E-state index contributed by atoms with van der Waals surface area (Å²) in [5, 5.41) is 4.44. The fourth-order valence-corrected chi connectivity index (χ4v) is 3.36. The molecule has 0 radical (unpaired) electrons. The van der Waals surface area contributed by atoms with Crippen LogP contribution in [0.4, 0.5) is 0 Å². The molecule has 0 amide bonds. The van der Waals surface area contributed by atoms with Crippen molar-refractivity contribution in [1.82, 2.24) is 5.32 Å². The lowest BCUT2D eigenvalue weighted by Crippen LogP contribution is -2.36.